The van der Waals surface area contributed by atoms with Gasteiger partial charge in [0.25, 0.3) is 0 Å². The van der Waals surface area contributed by atoms with E-state index in [0.29, 0.717) is 0 Å². The smallest absolute Gasteiger partial charge is 0.336 e. The molecule has 0 rings (SSSR count). The highest BCUT2D eigenvalue weighted by molar-refractivity contribution is 6.35. The molecule has 0 aromatic heterocycles. The fraction of sp³-hybridized carbons (Fsp3) is 0.625. The molecule has 8 nitrogen and oxygen atoms in total. The van der Waals surface area contributed by atoms with Gasteiger partial charge in [-0.05, 0) is 0 Å². The van der Waals surface area contributed by atoms with Gasteiger partial charge in [0, 0.05) is 13.1 Å². The molecule has 0 bridgehead atoms. The van der Waals surface area contributed by atoms with Crippen LogP contribution in [-0.4, -0.2) is 55.7 Å². The molecule has 0 radical (unpaired) electrons. The van der Waals surface area contributed by atoms with Gasteiger partial charge in [-0.1, -0.05) is 0 Å². The summed E-state index contributed by atoms with van der Waals surface area (Å²) in [7, 11) is 1.10. The Hall–Kier alpha value is -1.67. The number of carbonyl (C=O) groups is 3. The molecule has 1 atom stereocenters. The molecule has 0 spiro atoms. The van der Waals surface area contributed by atoms with Gasteiger partial charge in [-0.3, -0.25) is 9.59 Å². The first-order chi connectivity index (χ1) is 7.52. The van der Waals surface area contributed by atoms with E-state index in [0.717, 1.165) is 7.11 Å². The predicted octanol–water partition coefficient (Wildman–Crippen LogP) is -3.29. The van der Waals surface area contributed by atoms with Crippen molar-refractivity contribution in [2.75, 3.05) is 26.7 Å². The normalized spacial score (nSPS) is 11.4. The average molecular weight is 233 g/mol. The summed E-state index contributed by atoms with van der Waals surface area (Å²) < 4.78 is 4.21. The molecular formula is C8H15N3O5. The molecule has 0 heterocycles. The Morgan fingerprint density at radius 1 is 1.31 bits per heavy atom. The number of methoxy groups -OCH3 is 1. The fourth-order valence-corrected chi connectivity index (χ4v) is 0.755. The van der Waals surface area contributed by atoms with Crippen molar-refractivity contribution in [1.82, 2.24) is 10.6 Å². The molecule has 5 N–H and O–H groups in total. The summed E-state index contributed by atoms with van der Waals surface area (Å²) in [5.41, 5.74) is 5.11. The van der Waals surface area contributed by atoms with Crippen LogP contribution in [0.15, 0.2) is 0 Å². The number of hydrogen-bond donors (Lipinski definition) is 4. The van der Waals surface area contributed by atoms with Crippen LogP contribution in [0, 0.1) is 0 Å². The van der Waals surface area contributed by atoms with E-state index < -0.39 is 23.9 Å². The summed E-state index contributed by atoms with van der Waals surface area (Å²) in [6.07, 6.45) is -1.49. The van der Waals surface area contributed by atoms with Gasteiger partial charge in [0.2, 0.25) is 0 Å². The van der Waals surface area contributed by atoms with E-state index in [1.165, 1.54) is 0 Å². The number of aliphatic hydroxyl groups is 1. The molecule has 0 saturated carbocycles. The van der Waals surface area contributed by atoms with E-state index in [1.54, 1.807) is 0 Å². The van der Waals surface area contributed by atoms with Crippen molar-refractivity contribution in [3.63, 3.8) is 0 Å². The minimum Gasteiger partial charge on any atom is -0.467 e. The molecule has 0 aliphatic carbocycles. The molecule has 0 aromatic carbocycles. The van der Waals surface area contributed by atoms with E-state index in [1.807, 2.05) is 0 Å². The Kier molecular flexibility index (Phi) is 6.81. The number of hydrogen-bond acceptors (Lipinski definition) is 6. The van der Waals surface area contributed by atoms with Crippen molar-refractivity contribution >= 4 is 17.8 Å². The summed E-state index contributed by atoms with van der Waals surface area (Å²) in [5, 5.41) is 13.4. The quantitative estimate of drug-likeness (QED) is 0.291. The van der Waals surface area contributed by atoms with Gasteiger partial charge in [0.05, 0.1) is 13.7 Å². The third kappa shape index (κ3) is 5.27. The largest absolute Gasteiger partial charge is 0.467 e. The van der Waals surface area contributed by atoms with Crippen molar-refractivity contribution in [1.29, 1.82) is 0 Å². The van der Waals surface area contributed by atoms with E-state index >= 15 is 0 Å². The summed E-state index contributed by atoms with van der Waals surface area (Å²) in [4.78, 5) is 32.7. The number of ether oxygens (including phenoxy) is 1. The Morgan fingerprint density at radius 2 is 1.88 bits per heavy atom. The van der Waals surface area contributed by atoms with Gasteiger partial charge in [0.15, 0.2) is 6.10 Å². The van der Waals surface area contributed by atoms with Crippen LogP contribution in [-0.2, 0) is 19.1 Å². The summed E-state index contributed by atoms with van der Waals surface area (Å²) in [6, 6.07) is 0. The molecule has 0 saturated heterocycles. The number of amides is 2. The second-order valence-electron chi connectivity index (χ2n) is 2.79. The molecule has 0 aliphatic rings. The second kappa shape index (κ2) is 7.60. The van der Waals surface area contributed by atoms with Crippen LogP contribution in [0.2, 0.25) is 0 Å². The van der Waals surface area contributed by atoms with E-state index in [9.17, 15) is 14.4 Å². The number of carbonyl (C=O) groups excluding carboxylic acids is 3. The van der Waals surface area contributed by atoms with Crippen LogP contribution in [0.1, 0.15) is 0 Å². The van der Waals surface area contributed by atoms with Crippen LogP contribution >= 0.6 is 0 Å². The second-order valence-corrected chi connectivity index (χ2v) is 2.79. The van der Waals surface area contributed by atoms with Gasteiger partial charge in [-0.2, -0.15) is 0 Å². The molecule has 92 valence electrons. The van der Waals surface area contributed by atoms with Crippen molar-refractivity contribution in [2.24, 2.45) is 5.73 Å². The van der Waals surface area contributed by atoms with Crippen molar-refractivity contribution in [2.45, 2.75) is 6.10 Å². The fourth-order valence-electron chi connectivity index (χ4n) is 0.755. The number of rotatable bonds is 5. The minimum absolute atomic E-state index is 0.172. The monoisotopic (exact) mass is 233 g/mol. The highest BCUT2D eigenvalue weighted by Crippen LogP contribution is 1.84. The van der Waals surface area contributed by atoms with Gasteiger partial charge in [0.1, 0.15) is 0 Å². The van der Waals surface area contributed by atoms with Crippen LogP contribution < -0.4 is 16.4 Å². The first kappa shape index (κ1) is 14.3. The van der Waals surface area contributed by atoms with Crippen molar-refractivity contribution < 1.29 is 24.2 Å². The van der Waals surface area contributed by atoms with Crippen molar-refractivity contribution in [3.05, 3.63) is 0 Å². The maximum absolute atomic E-state index is 11.0. The van der Waals surface area contributed by atoms with Gasteiger partial charge < -0.3 is 26.2 Å². The zero-order valence-corrected chi connectivity index (χ0v) is 8.86. The average Bonchev–Trinajstić information content (AvgIpc) is 2.31. The van der Waals surface area contributed by atoms with Gasteiger partial charge >= 0.3 is 17.8 Å². The maximum atomic E-state index is 11.0. The lowest BCUT2D eigenvalue weighted by atomic mass is 10.3. The molecular weight excluding hydrogens is 218 g/mol. The first-order valence-corrected chi connectivity index (χ1v) is 4.55. The summed E-state index contributed by atoms with van der Waals surface area (Å²) in [6.45, 7) is -0.00281. The Labute approximate surface area is 92.1 Å². The van der Waals surface area contributed by atoms with Crippen LogP contribution in [0.25, 0.3) is 0 Å². The SMILES string of the molecule is COC(=O)C(O)CNC(=O)C(=O)NCCN. The first-order valence-electron chi connectivity index (χ1n) is 4.55. The van der Waals surface area contributed by atoms with Crippen LogP contribution in [0.3, 0.4) is 0 Å². The maximum Gasteiger partial charge on any atom is 0.336 e. The molecule has 16 heavy (non-hydrogen) atoms. The van der Waals surface area contributed by atoms with Crippen LogP contribution in [0.4, 0.5) is 0 Å². The molecule has 1 unspecified atom stereocenters. The molecule has 8 heteroatoms. The third-order valence-electron chi connectivity index (χ3n) is 1.57. The van der Waals surface area contributed by atoms with Crippen molar-refractivity contribution in [3.8, 4) is 0 Å². The zero-order valence-electron chi connectivity index (χ0n) is 8.86. The lowest BCUT2D eigenvalue weighted by Gasteiger charge is -2.09. The molecule has 2 amide bonds. The Balaban J connectivity index is 3.88. The highest BCUT2D eigenvalue weighted by atomic mass is 16.5. The number of nitrogens with one attached hydrogen (secondary N) is 2. The van der Waals surface area contributed by atoms with E-state index in [-0.39, 0.29) is 19.6 Å². The lowest BCUT2D eigenvalue weighted by Crippen LogP contribution is -2.45. The Bertz CT molecular complexity index is 268. The van der Waals surface area contributed by atoms with Gasteiger partial charge in [-0.15, -0.1) is 0 Å². The van der Waals surface area contributed by atoms with Gasteiger partial charge in [-0.25, -0.2) is 4.79 Å². The molecule has 0 aliphatic heterocycles. The molecule has 0 fully saturated rings. The van der Waals surface area contributed by atoms with E-state index in [4.69, 9.17) is 10.8 Å². The number of aliphatic hydroxyl groups excluding tert-OH is 1. The van der Waals surface area contributed by atoms with E-state index in [2.05, 4.69) is 15.4 Å². The number of nitrogens with two attached hydrogens (primary N) is 1. The van der Waals surface area contributed by atoms with Crippen LogP contribution in [0.5, 0.6) is 0 Å². The zero-order chi connectivity index (χ0) is 12.6. The lowest BCUT2D eigenvalue weighted by molar-refractivity contribution is -0.150. The third-order valence-corrected chi connectivity index (χ3v) is 1.57. The summed E-state index contributed by atoms with van der Waals surface area (Å²) in [5.74, 6) is -2.71. The standard InChI is InChI=1S/C8H15N3O5/c1-16-8(15)5(12)4-11-7(14)6(13)10-3-2-9/h5,12H,2-4,9H2,1H3,(H,10,13)(H,11,14). The number of esters is 1. The predicted molar refractivity (Wildman–Crippen MR) is 53.1 cm³/mol. The highest BCUT2D eigenvalue weighted by Gasteiger charge is 2.18. The minimum atomic E-state index is -1.49. The summed E-state index contributed by atoms with van der Waals surface area (Å²) >= 11 is 0. The topological polar surface area (TPSA) is 131 Å². The Morgan fingerprint density at radius 3 is 2.38 bits per heavy atom. The molecule has 0 aromatic rings.